The van der Waals surface area contributed by atoms with Gasteiger partial charge in [0.1, 0.15) is 17.0 Å². The van der Waals surface area contributed by atoms with Gasteiger partial charge in [0.25, 0.3) is 0 Å². The summed E-state index contributed by atoms with van der Waals surface area (Å²) >= 11 is 2.29. The van der Waals surface area contributed by atoms with E-state index in [1.807, 2.05) is 43.3 Å². The molecule has 0 saturated carbocycles. The lowest BCUT2D eigenvalue weighted by molar-refractivity contribution is 0.267. The second-order valence-electron chi connectivity index (χ2n) is 5.61. The van der Waals surface area contributed by atoms with Crippen molar-refractivity contribution in [1.29, 1.82) is 0 Å². The summed E-state index contributed by atoms with van der Waals surface area (Å²) in [5, 5.41) is 1.11. The molecule has 124 valence electrons. The standard InChI is InChI=1S/C20H20INO2/c1-15-11-12-16-7-6-10-19(20(16)22-15)24-14-5-4-13-23-18-9-3-2-8-17(18)21/h2-3,6-12H,4-5,13-14H2,1H3. The van der Waals surface area contributed by atoms with Crippen LogP contribution in [-0.4, -0.2) is 18.2 Å². The number of benzene rings is 2. The number of unbranched alkanes of at least 4 members (excludes halogenated alkanes) is 1. The molecule has 0 unspecified atom stereocenters. The maximum absolute atomic E-state index is 5.93. The molecular weight excluding hydrogens is 413 g/mol. The topological polar surface area (TPSA) is 31.4 Å². The number of pyridine rings is 1. The highest BCUT2D eigenvalue weighted by Gasteiger charge is 2.04. The Morgan fingerprint density at radius 2 is 1.54 bits per heavy atom. The van der Waals surface area contributed by atoms with E-state index in [-0.39, 0.29) is 0 Å². The van der Waals surface area contributed by atoms with Crippen LogP contribution in [0.3, 0.4) is 0 Å². The van der Waals surface area contributed by atoms with Crippen LogP contribution in [0.2, 0.25) is 0 Å². The minimum Gasteiger partial charge on any atom is -0.492 e. The molecule has 0 fully saturated rings. The monoisotopic (exact) mass is 433 g/mol. The third-order valence-corrected chi connectivity index (χ3v) is 4.60. The lowest BCUT2D eigenvalue weighted by atomic mass is 10.2. The van der Waals surface area contributed by atoms with E-state index in [2.05, 4.69) is 45.8 Å². The third-order valence-electron chi connectivity index (χ3n) is 3.71. The number of nitrogens with zero attached hydrogens (tertiary/aromatic N) is 1. The van der Waals surface area contributed by atoms with Crippen LogP contribution in [0.15, 0.2) is 54.6 Å². The first-order valence-electron chi connectivity index (χ1n) is 8.10. The normalized spacial score (nSPS) is 10.8. The number of aryl methyl sites for hydroxylation is 1. The van der Waals surface area contributed by atoms with Gasteiger partial charge in [-0.25, -0.2) is 4.98 Å². The van der Waals surface area contributed by atoms with Crippen molar-refractivity contribution in [2.45, 2.75) is 19.8 Å². The Bertz CT molecular complexity index is 820. The van der Waals surface area contributed by atoms with Crippen LogP contribution in [0.25, 0.3) is 10.9 Å². The molecule has 0 amide bonds. The Labute approximate surface area is 156 Å². The number of ether oxygens (including phenoxy) is 2. The fourth-order valence-electron chi connectivity index (χ4n) is 2.46. The second kappa shape index (κ2) is 8.33. The van der Waals surface area contributed by atoms with Gasteiger partial charge in [-0.3, -0.25) is 0 Å². The molecule has 2 aromatic carbocycles. The smallest absolute Gasteiger partial charge is 0.145 e. The number of para-hydroxylation sites is 2. The van der Waals surface area contributed by atoms with Crippen molar-refractivity contribution in [1.82, 2.24) is 4.98 Å². The van der Waals surface area contributed by atoms with E-state index in [9.17, 15) is 0 Å². The average molecular weight is 433 g/mol. The van der Waals surface area contributed by atoms with Crippen molar-refractivity contribution in [3.8, 4) is 11.5 Å². The Hall–Kier alpha value is -1.82. The van der Waals surface area contributed by atoms with Gasteiger partial charge >= 0.3 is 0 Å². The summed E-state index contributed by atoms with van der Waals surface area (Å²) in [4.78, 5) is 4.59. The highest BCUT2D eigenvalue weighted by atomic mass is 127. The van der Waals surface area contributed by atoms with Gasteiger partial charge in [0.2, 0.25) is 0 Å². The second-order valence-corrected chi connectivity index (χ2v) is 6.78. The average Bonchev–Trinajstić information content (AvgIpc) is 2.59. The van der Waals surface area contributed by atoms with Crippen molar-refractivity contribution in [3.63, 3.8) is 0 Å². The summed E-state index contributed by atoms with van der Waals surface area (Å²) in [5.41, 5.74) is 1.94. The fraction of sp³-hybridized carbons (Fsp3) is 0.250. The Morgan fingerprint density at radius 3 is 2.33 bits per heavy atom. The summed E-state index contributed by atoms with van der Waals surface area (Å²) in [6.45, 7) is 3.37. The van der Waals surface area contributed by atoms with E-state index < -0.39 is 0 Å². The van der Waals surface area contributed by atoms with E-state index in [1.54, 1.807) is 0 Å². The van der Waals surface area contributed by atoms with Crippen molar-refractivity contribution < 1.29 is 9.47 Å². The van der Waals surface area contributed by atoms with E-state index in [0.717, 1.165) is 44.5 Å². The van der Waals surface area contributed by atoms with Gasteiger partial charge in [0.05, 0.1) is 16.8 Å². The number of rotatable bonds is 7. The first kappa shape index (κ1) is 17.0. The maximum Gasteiger partial charge on any atom is 0.145 e. The number of hydrogen-bond donors (Lipinski definition) is 0. The van der Waals surface area contributed by atoms with Gasteiger partial charge in [-0.15, -0.1) is 0 Å². The van der Waals surface area contributed by atoms with Gasteiger partial charge in [-0.05, 0) is 66.6 Å². The Morgan fingerprint density at radius 1 is 0.833 bits per heavy atom. The molecule has 24 heavy (non-hydrogen) atoms. The molecule has 0 bridgehead atoms. The Balaban J connectivity index is 1.47. The van der Waals surface area contributed by atoms with Crippen LogP contribution in [0.4, 0.5) is 0 Å². The van der Waals surface area contributed by atoms with Gasteiger partial charge < -0.3 is 9.47 Å². The molecule has 3 rings (SSSR count). The first-order chi connectivity index (χ1) is 11.7. The molecule has 0 radical (unpaired) electrons. The van der Waals surface area contributed by atoms with Crippen molar-refractivity contribution in [2.24, 2.45) is 0 Å². The summed E-state index contributed by atoms with van der Waals surface area (Å²) in [6, 6.07) is 18.2. The van der Waals surface area contributed by atoms with E-state index in [0.29, 0.717) is 13.2 Å². The zero-order valence-electron chi connectivity index (χ0n) is 13.7. The van der Waals surface area contributed by atoms with E-state index in [4.69, 9.17) is 9.47 Å². The van der Waals surface area contributed by atoms with Crippen LogP contribution < -0.4 is 9.47 Å². The van der Waals surface area contributed by atoms with Crippen molar-refractivity contribution in [2.75, 3.05) is 13.2 Å². The minimum absolute atomic E-state index is 0.671. The summed E-state index contributed by atoms with van der Waals surface area (Å²) in [5.74, 6) is 1.81. The lowest BCUT2D eigenvalue weighted by Gasteiger charge is -2.10. The molecule has 3 aromatic rings. The Kier molecular flexibility index (Phi) is 5.91. The van der Waals surface area contributed by atoms with Crippen LogP contribution in [0.5, 0.6) is 11.5 Å². The molecule has 0 spiro atoms. The predicted octanol–water partition coefficient (Wildman–Crippen LogP) is 5.39. The third kappa shape index (κ3) is 4.38. The molecule has 4 heteroatoms. The molecule has 0 atom stereocenters. The minimum atomic E-state index is 0.671. The molecule has 1 heterocycles. The number of hydrogen-bond acceptors (Lipinski definition) is 3. The molecule has 0 aliphatic rings. The fourth-order valence-corrected chi connectivity index (χ4v) is 3.01. The quantitative estimate of drug-likeness (QED) is 0.370. The maximum atomic E-state index is 5.93. The van der Waals surface area contributed by atoms with Gasteiger partial charge in [-0.1, -0.05) is 30.3 Å². The predicted molar refractivity (Wildman–Crippen MR) is 106 cm³/mol. The van der Waals surface area contributed by atoms with Crippen molar-refractivity contribution in [3.05, 3.63) is 63.9 Å². The van der Waals surface area contributed by atoms with Gasteiger partial charge in [-0.2, -0.15) is 0 Å². The molecule has 0 aliphatic heterocycles. The zero-order valence-corrected chi connectivity index (χ0v) is 15.8. The molecule has 0 aliphatic carbocycles. The molecule has 0 saturated heterocycles. The van der Waals surface area contributed by atoms with Gasteiger partial charge in [0, 0.05) is 11.1 Å². The molecule has 1 aromatic heterocycles. The summed E-state index contributed by atoms with van der Waals surface area (Å²) < 4.78 is 12.9. The summed E-state index contributed by atoms with van der Waals surface area (Å²) in [7, 11) is 0. The first-order valence-corrected chi connectivity index (χ1v) is 9.18. The molecule has 3 nitrogen and oxygen atoms in total. The number of fused-ring (bicyclic) bond motifs is 1. The largest absolute Gasteiger partial charge is 0.492 e. The van der Waals surface area contributed by atoms with E-state index in [1.165, 1.54) is 0 Å². The van der Waals surface area contributed by atoms with E-state index >= 15 is 0 Å². The van der Waals surface area contributed by atoms with Crippen LogP contribution in [0.1, 0.15) is 18.5 Å². The highest BCUT2D eigenvalue weighted by molar-refractivity contribution is 14.1. The van der Waals surface area contributed by atoms with Crippen LogP contribution >= 0.6 is 22.6 Å². The highest BCUT2D eigenvalue weighted by Crippen LogP contribution is 2.24. The lowest BCUT2D eigenvalue weighted by Crippen LogP contribution is -2.03. The van der Waals surface area contributed by atoms with Crippen LogP contribution in [0, 0.1) is 10.5 Å². The summed E-state index contributed by atoms with van der Waals surface area (Å²) in [6.07, 6.45) is 1.91. The van der Waals surface area contributed by atoms with Crippen LogP contribution in [-0.2, 0) is 0 Å². The van der Waals surface area contributed by atoms with Crippen molar-refractivity contribution >= 4 is 33.5 Å². The number of aromatic nitrogens is 1. The molecular formula is C20H20INO2. The van der Waals surface area contributed by atoms with Gasteiger partial charge in [0.15, 0.2) is 0 Å². The SMILES string of the molecule is Cc1ccc2cccc(OCCCCOc3ccccc3I)c2n1. The number of halogens is 1. The molecule has 0 N–H and O–H groups in total. The zero-order chi connectivity index (χ0) is 16.8.